The summed E-state index contributed by atoms with van der Waals surface area (Å²) in [6.07, 6.45) is 0. The zero-order valence-corrected chi connectivity index (χ0v) is 14.6. The van der Waals surface area contributed by atoms with Crippen molar-refractivity contribution in [1.29, 1.82) is 0 Å². The molecule has 6 nitrogen and oxygen atoms in total. The summed E-state index contributed by atoms with van der Waals surface area (Å²) in [6.45, 7) is 1.26. The molecule has 2 amide bonds. The number of benzene rings is 2. The fourth-order valence-corrected chi connectivity index (χ4v) is 3.11. The Morgan fingerprint density at radius 2 is 1.00 bits per heavy atom. The maximum Gasteiger partial charge on any atom is 0.234 e. The zero-order valence-electron chi connectivity index (χ0n) is 14.6. The van der Waals surface area contributed by atoms with Gasteiger partial charge in [0.1, 0.15) is 0 Å². The molecule has 26 heavy (non-hydrogen) atoms. The van der Waals surface area contributed by atoms with E-state index in [1.807, 2.05) is 60.7 Å². The first kappa shape index (κ1) is 18.1. The number of rotatable bonds is 2. The molecule has 1 heterocycles. The minimum absolute atomic E-state index is 0.0902. The van der Waals surface area contributed by atoms with E-state index >= 15 is 0 Å². The third-order valence-corrected chi connectivity index (χ3v) is 4.39. The van der Waals surface area contributed by atoms with Crippen LogP contribution in [0.25, 0.3) is 0 Å². The molecule has 2 aromatic carbocycles. The Hall–Kier alpha value is -2.70. The van der Waals surface area contributed by atoms with Crippen molar-refractivity contribution in [2.75, 3.05) is 26.2 Å². The molecule has 1 saturated heterocycles. The van der Waals surface area contributed by atoms with Crippen LogP contribution in [0.4, 0.5) is 0 Å². The van der Waals surface area contributed by atoms with Gasteiger partial charge in [-0.3, -0.25) is 20.2 Å². The Morgan fingerprint density at radius 1 is 0.615 bits per heavy atom. The molecule has 1 aliphatic rings. The molecule has 0 bridgehead atoms. The normalized spacial score (nSPS) is 22.5. The number of amides is 2. The molecule has 0 radical (unpaired) electrons. The Bertz CT molecular complexity index is 658. The van der Waals surface area contributed by atoms with Crippen LogP contribution in [0, 0.1) is 0 Å². The lowest BCUT2D eigenvalue weighted by molar-refractivity contribution is -0.122. The van der Waals surface area contributed by atoms with Gasteiger partial charge in [0.05, 0.1) is 25.2 Å². The van der Waals surface area contributed by atoms with Crippen molar-refractivity contribution in [1.82, 2.24) is 21.3 Å². The molecule has 6 heteroatoms. The Kier molecular flexibility index (Phi) is 6.35. The second-order valence-electron chi connectivity index (χ2n) is 6.24. The van der Waals surface area contributed by atoms with Gasteiger partial charge in [-0.1, -0.05) is 60.7 Å². The lowest BCUT2D eigenvalue weighted by atomic mass is 9.93. The predicted molar refractivity (Wildman–Crippen MR) is 100 cm³/mol. The fourth-order valence-electron chi connectivity index (χ4n) is 3.11. The zero-order chi connectivity index (χ0) is 18.2. The van der Waals surface area contributed by atoms with Crippen molar-refractivity contribution in [2.45, 2.75) is 12.1 Å². The van der Waals surface area contributed by atoms with E-state index in [1.165, 1.54) is 0 Å². The summed E-state index contributed by atoms with van der Waals surface area (Å²) >= 11 is 0. The second kappa shape index (κ2) is 9.12. The first-order valence-electron chi connectivity index (χ1n) is 8.84. The van der Waals surface area contributed by atoms with Gasteiger partial charge in [0, 0.05) is 13.1 Å². The van der Waals surface area contributed by atoms with Crippen LogP contribution in [0.5, 0.6) is 0 Å². The third-order valence-electron chi connectivity index (χ3n) is 4.39. The van der Waals surface area contributed by atoms with Crippen LogP contribution in [0.3, 0.4) is 0 Å². The van der Waals surface area contributed by atoms with Crippen LogP contribution >= 0.6 is 0 Å². The summed E-state index contributed by atoms with van der Waals surface area (Å²) in [6, 6.07) is 19.6. The van der Waals surface area contributed by atoms with E-state index in [9.17, 15) is 9.59 Å². The van der Waals surface area contributed by atoms with E-state index in [4.69, 9.17) is 0 Å². The molecule has 2 atom stereocenters. The first-order valence-corrected chi connectivity index (χ1v) is 8.84. The van der Waals surface area contributed by atoms with Gasteiger partial charge < -0.3 is 10.6 Å². The number of carbonyl (C=O) groups is 2. The van der Waals surface area contributed by atoms with Gasteiger partial charge in [0.2, 0.25) is 11.8 Å². The quantitative estimate of drug-likeness (QED) is 0.647. The molecule has 0 spiro atoms. The molecular weight excluding hydrogens is 328 g/mol. The summed E-state index contributed by atoms with van der Waals surface area (Å²) in [5.74, 6) is -0.180. The minimum Gasteiger partial charge on any atom is -0.353 e. The van der Waals surface area contributed by atoms with Gasteiger partial charge in [0.15, 0.2) is 0 Å². The molecule has 0 unspecified atom stereocenters. The van der Waals surface area contributed by atoms with E-state index in [-0.39, 0.29) is 37.0 Å². The molecule has 2 aromatic rings. The average Bonchev–Trinajstić information content (AvgIpc) is 2.68. The third kappa shape index (κ3) is 4.91. The van der Waals surface area contributed by atoms with Crippen LogP contribution in [0.15, 0.2) is 60.7 Å². The van der Waals surface area contributed by atoms with E-state index in [0.717, 1.165) is 11.1 Å². The topological polar surface area (TPSA) is 82.3 Å². The number of nitrogens with one attached hydrogen (secondary N) is 4. The number of hydrogen-bond donors (Lipinski definition) is 4. The summed E-state index contributed by atoms with van der Waals surface area (Å²) < 4.78 is 0. The average molecular weight is 352 g/mol. The van der Waals surface area contributed by atoms with E-state index < -0.39 is 0 Å². The molecule has 4 N–H and O–H groups in total. The first-order chi connectivity index (χ1) is 12.7. The van der Waals surface area contributed by atoms with Crippen LogP contribution in [-0.2, 0) is 9.59 Å². The van der Waals surface area contributed by atoms with Gasteiger partial charge in [0.25, 0.3) is 0 Å². The van der Waals surface area contributed by atoms with E-state index in [0.29, 0.717) is 13.1 Å². The molecule has 1 aliphatic heterocycles. The van der Waals surface area contributed by atoms with Crippen molar-refractivity contribution in [3.63, 3.8) is 0 Å². The van der Waals surface area contributed by atoms with Crippen LogP contribution < -0.4 is 21.3 Å². The van der Waals surface area contributed by atoms with Crippen LogP contribution in [-0.4, -0.2) is 38.0 Å². The van der Waals surface area contributed by atoms with Crippen molar-refractivity contribution in [3.8, 4) is 0 Å². The highest BCUT2D eigenvalue weighted by atomic mass is 16.2. The molecule has 136 valence electrons. The summed E-state index contributed by atoms with van der Waals surface area (Å²) in [7, 11) is 0. The van der Waals surface area contributed by atoms with Crippen LogP contribution in [0.1, 0.15) is 23.2 Å². The monoisotopic (exact) mass is 352 g/mol. The van der Waals surface area contributed by atoms with Crippen LogP contribution in [0.2, 0.25) is 0 Å². The maximum absolute atomic E-state index is 12.1. The van der Waals surface area contributed by atoms with Gasteiger partial charge >= 0.3 is 0 Å². The number of carbonyl (C=O) groups excluding carboxylic acids is 2. The molecule has 3 rings (SSSR count). The highest BCUT2D eigenvalue weighted by Crippen LogP contribution is 2.28. The van der Waals surface area contributed by atoms with Gasteiger partial charge in [-0.15, -0.1) is 0 Å². The SMILES string of the molecule is O=C1CN[C@H](c2ccccc2)[C@@H](c2ccccc2)NCC(=O)NCCN1. The second-order valence-corrected chi connectivity index (χ2v) is 6.24. The Morgan fingerprint density at radius 3 is 1.38 bits per heavy atom. The van der Waals surface area contributed by atoms with Crippen molar-refractivity contribution in [2.24, 2.45) is 0 Å². The summed E-state index contributed by atoms with van der Waals surface area (Å²) in [5.41, 5.74) is 2.11. The molecule has 1 fully saturated rings. The largest absolute Gasteiger partial charge is 0.353 e. The molecule has 0 aromatic heterocycles. The lowest BCUT2D eigenvalue weighted by Gasteiger charge is -2.30. The van der Waals surface area contributed by atoms with Gasteiger partial charge in [-0.05, 0) is 11.1 Å². The standard InChI is InChI=1S/C20H24N4O2/c25-17-13-23-19(15-7-3-1-4-8-15)20(16-9-5-2-6-10-16)24-14-18(26)22-12-11-21-17/h1-10,19-20,23-24H,11-14H2,(H,21,25)(H,22,26)/t19-,20-/m1/s1. The van der Waals surface area contributed by atoms with Crippen molar-refractivity contribution in [3.05, 3.63) is 71.8 Å². The van der Waals surface area contributed by atoms with E-state index in [2.05, 4.69) is 21.3 Å². The minimum atomic E-state index is -0.156. The Balaban J connectivity index is 1.93. The fraction of sp³-hybridized carbons (Fsp3) is 0.300. The summed E-state index contributed by atoms with van der Waals surface area (Å²) in [4.78, 5) is 24.2. The number of hydrogen-bond acceptors (Lipinski definition) is 4. The highest BCUT2D eigenvalue weighted by Gasteiger charge is 2.25. The predicted octanol–water partition coefficient (Wildman–Crippen LogP) is 0.894. The van der Waals surface area contributed by atoms with Gasteiger partial charge in [-0.2, -0.15) is 0 Å². The van der Waals surface area contributed by atoms with E-state index in [1.54, 1.807) is 0 Å². The maximum atomic E-state index is 12.1. The lowest BCUT2D eigenvalue weighted by Crippen LogP contribution is -2.46. The Labute approximate surface area is 153 Å². The molecule has 0 aliphatic carbocycles. The smallest absolute Gasteiger partial charge is 0.234 e. The highest BCUT2D eigenvalue weighted by molar-refractivity contribution is 5.79. The van der Waals surface area contributed by atoms with Gasteiger partial charge in [-0.25, -0.2) is 0 Å². The van der Waals surface area contributed by atoms with Crippen molar-refractivity contribution < 1.29 is 9.59 Å². The molecular formula is C20H24N4O2. The summed E-state index contributed by atoms with van der Waals surface area (Å²) in [5, 5.41) is 12.3. The van der Waals surface area contributed by atoms with Crippen molar-refractivity contribution >= 4 is 11.8 Å². The molecule has 0 saturated carbocycles.